The van der Waals surface area contributed by atoms with E-state index in [4.69, 9.17) is 5.73 Å². The molecule has 1 aromatic carbocycles. The summed E-state index contributed by atoms with van der Waals surface area (Å²) in [6.45, 7) is 4.48. The third-order valence-electron chi connectivity index (χ3n) is 2.65. The van der Waals surface area contributed by atoms with Gasteiger partial charge in [0.25, 0.3) is 0 Å². The van der Waals surface area contributed by atoms with Crippen molar-refractivity contribution >= 4 is 19.9 Å². The molecule has 0 aliphatic heterocycles. The Morgan fingerprint density at radius 2 is 1.71 bits per heavy atom. The van der Waals surface area contributed by atoms with Crippen molar-refractivity contribution in [1.82, 2.24) is 0 Å². The summed E-state index contributed by atoms with van der Waals surface area (Å²) < 4.78 is 0. The highest BCUT2D eigenvalue weighted by molar-refractivity contribution is 6.73. The van der Waals surface area contributed by atoms with Crippen molar-refractivity contribution in [2.24, 2.45) is 5.73 Å². The molecule has 1 amide bonds. The number of benzene rings is 1. The van der Waals surface area contributed by atoms with Crippen LogP contribution in [0, 0.1) is 0 Å². The SMILES string of the molecule is CC[SiH](CC)c1ccc(C(N)=O)cc1. The maximum absolute atomic E-state index is 10.9. The minimum absolute atomic E-state index is 0.345. The first-order chi connectivity index (χ1) is 6.69. The molecular formula is C11H17NOSi. The molecule has 3 heteroatoms. The first kappa shape index (κ1) is 11.0. The van der Waals surface area contributed by atoms with E-state index in [1.165, 1.54) is 17.3 Å². The Morgan fingerprint density at radius 1 is 1.21 bits per heavy atom. The maximum atomic E-state index is 10.9. The first-order valence-electron chi connectivity index (χ1n) is 5.08. The van der Waals surface area contributed by atoms with Crippen LogP contribution in [0.2, 0.25) is 12.1 Å². The summed E-state index contributed by atoms with van der Waals surface area (Å²) >= 11 is 0. The molecule has 76 valence electrons. The Morgan fingerprint density at radius 3 is 2.07 bits per heavy atom. The molecule has 0 saturated heterocycles. The van der Waals surface area contributed by atoms with Crippen LogP contribution in [-0.2, 0) is 0 Å². The van der Waals surface area contributed by atoms with Crippen LogP contribution in [0.4, 0.5) is 0 Å². The minimum atomic E-state index is -0.755. The van der Waals surface area contributed by atoms with Crippen LogP contribution in [0.5, 0.6) is 0 Å². The van der Waals surface area contributed by atoms with Crippen molar-refractivity contribution in [3.8, 4) is 0 Å². The number of primary amides is 1. The lowest BCUT2D eigenvalue weighted by Crippen LogP contribution is -2.28. The van der Waals surface area contributed by atoms with Crippen LogP contribution in [0.3, 0.4) is 0 Å². The minimum Gasteiger partial charge on any atom is -0.366 e. The average molecular weight is 207 g/mol. The number of amides is 1. The van der Waals surface area contributed by atoms with Crippen LogP contribution in [0.15, 0.2) is 24.3 Å². The van der Waals surface area contributed by atoms with Crippen molar-refractivity contribution in [3.63, 3.8) is 0 Å². The van der Waals surface area contributed by atoms with Crippen molar-refractivity contribution < 1.29 is 4.79 Å². The highest BCUT2D eigenvalue weighted by atomic mass is 28.3. The Hall–Kier alpha value is -1.09. The average Bonchev–Trinajstić information content (AvgIpc) is 2.20. The van der Waals surface area contributed by atoms with E-state index in [0.29, 0.717) is 5.56 Å². The zero-order valence-electron chi connectivity index (χ0n) is 8.79. The van der Waals surface area contributed by atoms with Gasteiger partial charge in [-0.2, -0.15) is 0 Å². The third kappa shape index (κ3) is 2.45. The van der Waals surface area contributed by atoms with Gasteiger partial charge in [-0.15, -0.1) is 0 Å². The van der Waals surface area contributed by atoms with Crippen molar-refractivity contribution in [2.45, 2.75) is 25.9 Å². The monoisotopic (exact) mass is 207 g/mol. The summed E-state index contributed by atoms with van der Waals surface area (Å²) in [6.07, 6.45) is 0. The fraction of sp³-hybridized carbons (Fsp3) is 0.364. The second kappa shape index (κ2) is 4.96. The molecule has 0 unspecified atom stereocenters. The van der Waals surface area contributed by atoms with E-state index >= 15 is 0 Å². The van der Waals surface area contributed by atoms with Gasteiger partial charge in [-0.25, -0.2) is 0 Å². The molecule has 0 aliphatic rings. The molecule has 0 saturated carbocycles. The number of hydrogen-bond acceptors (Lipinski definition) is 1. The van der Waals surface area contributed by atoms with Crippen LogP contribution in [-0.4, -0.2) is 14.7 Å². The van der Waals surface area contributed by atoms with Crippen molar-refractivity contribution in [3.05, 3.63) is 29.8 Å². The molecule has 2 nitrogen and oxygen atoms in total. The largest absolute Gasteiger partial charge is 0.366 e. The number of rotatable bonds is 4. The normalized spacial score (nSPS) is 10.5. The van der Waals surface area contributed by atoms with E-state index in [1.54, 1.807) is 0 Å². The van der Waals surface area contributed by atoms with Crippen molar-refractivity contribution in [2.75, 3.05) is 0 Å². The van der Waals surface area contributed by atoms with Gasteiger partial charge in [0.15, 0.2) is 0 Å². The number of carbonyl (C=O) groups excluding carboxylic acids is 1. The summed E-state index contributed by atoms with van der Waals surface area (Å²) in [6, 6.07) is 10.3. The van der Waals surface area contributed by atoms with Gasteiger partial charge in [0.2, 0.25) is 5.91 Å². The topological polar surface area (TPSA) is 43.1 Å². The fourth-order valence-corrected chi connectivity index (χ4v) is 3.94. The molecule has 0 spiro atoms. The maximum Gasteiger partial charge on any atom is 0.248 e. The highest BCUT2D eigenvalue weighted by Crippen LogP contribution is 2.02. The summed E-state index contributed by atoms with van der Waals surface area (Å²) in [5.41, 5.74) is 5.78. The fourth-order valence-electron chi connectivity index (χ4n) is 1.68. The highest BCUT2D eigenvalue weighted by Gasteiger charge is 2.08. The van der Waals surface area contributed by atoms with Crippen molar-refractivity contribution in [1.29, 1.82) is 0 Å². The second-order valence-corrected chi connectivity index (χ2v) is 7.19. The summed E-state index contributed by atoms with van der Waals surface area (Å²) in [7, 11) is -0.755. The predicted octanol–water partition coefficient (Wildman–Crippen LogP) is 1.26. The van der Waals surface area contributed by atoms with E-state index < -0.39 is 8.80 Å². The van der Waals surface area contributed by atoms with E-state index in [1.807, 2.05) is 12.1 Å². The molecule has 14 heavy (non-hydrogen) atoms. The molecule has 0 bridgehead atoms. The molecule has 1 rings (SSSR count). The van der Waals surface area contributed by atoms with Crippen LogP contribution < -0.4 is 10.9 Å². The van der Waals surface area contributed by atoms with Gasteiger partial charge in [0.1, 0.15) is 0 Å². The van der Waals surface area contributed by atoms with Crippen LogP contribution >= 0.6 is 0 Å². The predicted molar refractivity (Wildman–Crippen MR) is 62.7 cm³/mol. The van der Waals surface area contributed by atoms with Crippen LogP contribution in [0.1, 0.15) is 24.2 Å². The number of hydrogen-bond donors (Lipinski definition) is 1. The Labute approximate surface area is 86.7 Å². The van der Waals surface area contributed by atoms with Gasteiger partial charge in [0, 0.05) is 5.56 Å². The summed E-state index contributed by atoms with van der Waals surface area (Å²) in [5.74, 6) is -0.345. The van der Waals surface area contributed by atoms with Crippen LogP contribution in [0.25, 0.3) is 0 Å². The molecule has 0 aliphatic carbocycles. The van der Waals surface area contributed by atoms with E-state index in [0.717, 1.165) is 0 Å². The summed E-state index contributed by atoms with van der Waals surface area (Å²) in [4.78, 5) is 10.9. The second-order valence-electron chi connectivity index (χ2n) is 3.50. The Balaban J connectivity index is 2.87. The van der Waals surface area contributed by atoms with Gasteiger partial charge < -0.3 is 5.73 Å². The van der Waals surface area contributed by atoms with Gasteiger partial charge in [-0.05, 0) is 12.1 Å². The lowest BCUT2D eigenvalue weighted by Gasteiger charge is -2.10. The van der Waals surface area contributed by atoms with E-state index in [-0.39, 0.29) is 5.91 Å². The molecular weight excluding hydrogens is 190 g/mol. The molecule has 2 N–H and O–H groups in total. The van der Waals surface area contributed by atoms with Gasteiger partial charge in [-0.3, -0.25) is 4.79 Å². The smallest absolute Gasteiger partial charge is 0.248 e. The number of carbonyl (C=O) groups is 1. The zero-order valence-corrected chi connectivity index (χ0v) is 9.94. The zero-order chi connectivity index (χ0) is 10.6. The molecule has 0 radical (unpaired) electrons. The quantitative estimate of drug-likeness (QED) is 0.742. The Kier molecular flexibility index (Phi) is 3.89. The standard InChI is InChI=1S/C11H17NOSi/c1-3-14(4-2)10-7-5-9(6-8-10)11(12)13/h5-8,14H,3-4H2,1-2H3,(H2,12,13). The van der Waals surface area contributed by atoms with Gasteiger partial charge >= 0.3 is 0 Å². The van der Waals surface area contributed by atoms with E-state index in [2.05, 4.69) is 26.0 Å². The molecule has 1 aromatic rings. The Bertz CT molecular complexity index is 304. The van der Waals surface area contributed by atoms with Gasteiger partial charge in [-0.1, -0.05) is 43.3 Å². The third-order valence-corrected chi connectivity index (χ3v) is 5.95. The molecule has 0 atom stereocenters. The molecule has 0 fully saturated rings. The summed E-state index contributed by atoms with van der Waals surface area (Å²) in [5, 5.41) is 1.43. The first-order valence-corrected chi connectivity index (χ1v) is 7.29. The lowest BCUT2D eigenvalue weighted by molar-refractivity contribution is 0.100. The van der Waals surface area contributed by atoms with Gasteiger partial charge in [0.05, 0.1) is 8.80 Å². The number of nitrogens with two attached hydrogens (primary N) is 1. The molecule has 0 heterocycles. The molecule has 0 aromatic heterocycles. The lowest BCUT2D eigenvalue weighted by atomic mass is 10.2. The van der Waals surface area contributed by atoms with E-state index in [9.17, 15) is 4.79 Å².